The zero-order valence-corrected chi connectivity index (χ0v) is 10.9. The third kappa shape index (κ3) is 3.63. The van der Waals surface area contributed by atoms with Gasteiger partial charge in [0.2, 0.25) is 0 Å². The lowest BCUT2D eigenvalue weighted by atomic mass is 10.2. The maximum atomic E-state index is 5.57. The average molecular weight is 262 g/mol. The number of thioether (sulfide) groups is 1. The molecule has 1 heterocycles. The molecule has 0 atom stereocenters. The predicted octanol–water partition coefficient (Wildman–Crippen LogP) is 3.24. The Labute approximate surface area is 110 Å². The van der Waals surface area contributed by atoms with Crippen LogP contribution in [0.5, 0.6) is 5.75 Å². The highest BCUT2D eigenvalue weighted by Crippen LogP contribution is 2.18. The quantitative estimate of drug-likeness (QED) is 0.591. The van der Waals surface area contributed by atoms with Crippen molar-refractivity contribution in [1.82, 2.24) is 10.2 Å². The van der Waals surface area contributed by atoms with Crippen molar-refractivity contribution >= 4 is 11.8 Å². The minimum absolute atomic E-state index is 0.283. The summed E-state index contributed by atoms with van der Waals surface area (Å²) in [6, 6.07) is 7.83. The van der Waals surface area contributed by atoms with E-state index < -0.39 is 0 Å². The number of benzene rings is 1. The van der Waals surface area contributed by atoms with Gasteiger partial charge in [-0.25, -0.2) is 0 Å². The molecule has 0 amide bonds. The zero-order valence-electron chi connectivity index (χ0n) is 10.1. The molecule has 0 unspecified atom stereocenters. The number of nitrogens with zero attached hydrogens (tertiary/aromatic N) is 2. The standard InChI is InChI=1S/C13H14N2O2S/c1-3-7-18-13-15-14-12(17-13)9-16-11-6-4-5-10(2)8-11/h3-6,8H,1,7,9H2,2H3. The fourth-order valence-corrected chi connectivity index (χ4v) is 1.85. The van der Waals surface area contributed by atoms with Crippen molar-refractivity contribution < 1.29 is 9.15 Å². The lowest BCUT2D eigenvalue weighted by Crippen LogP contribution is -1.95. The topological polar surface area (TPSA) is 48.2 Å². The summed E-state index contributed by atoms with van der Waals surface area (Å²) in [6.07, 6.45) is 1.79. The molecule has 4 nitrogen and oxygen atoms in total. The van der Waals surface area contributed by atoms with Crippen molar-refractivity contribution in [3.8, 4) is 5.75 Å². The maximum Gasteiger partial charge on any atom is 0.277 e. The minimum Gasteiger partial charge on any atom is -0.484 e. The molecule has 0 aliphatic heterocycles. The number of aromatic nitrogens is 2. The van der Waals surface area contributed by atoms with E-state index in [1.54, 1.807) is 6.08 Å². The molecule has 0 bridgehead atoms. The van der Waals surface area contributed by atoms with Gasteiger partial charge in [-0.05, 0) is 24.6 Å². The van der Waals surface area contributed by atoms with Crippen molar-refractivity contribution in [3.63, 3.8) is 0 Å². The third-order valence-electron chi connectivity index (χ3n) is 2.12. The molecule has 18 heavy (non-hydrogen) atoms. The lowest BCUT2D eigenvalue weighted by Gasteiger charge is -2.03. The fraction of sp³-hybridized carbons (Fsp3) is 0.231. The van der Waals surface area contributed by atoms with Crippen LogP contribution in [0.1, 0.15) is 11.5 Å². The average Bonchev–Trinajstić information content (AvgIpc) is 2.82. The van der Waals surface area contributed by atoms with E-state index in [2.05, 4.69) is 16.8 Å². The predicted molar refractivity (Wildman–Crippen MR) is 70.7 cm³/mol. The van der Waals surface area contributed by atoms with Gasteiger partial charge in [-0.2, -0.15) is 0 Å². The van der Waals surface area contributed by atoms with Gasteiger partial charge in [0, 0.05) is 5.75 Å². The summed E-state index contributed by atoms with van der Waals surface area (Å²) in [5.41, 5.74) is 1.15. The van der Waals surface area contributed by atoms with Crippen LogP contribution < -0.4 is 4.74 Å². The minimum atomic E-state index is 0.283. The Morgan fingerprint density at radius 3 is 3.11 bits per heavy atom. The maximum absolute atomic E-state index is 5.57. The summed E-state index contributed by atoms with van der Waals surface area (Å²) >= 11 is 1.45. The highest BCUT2D eigenvalue weighted by atomic mass is 32.2. The first-order valence-electron chi connectivity index (χ1n) is 5.53. The molecule has 0 aliphatic carbocycles. The molecule has 0 N–H and O–H groups in total. The molecule has 0 fully saturated rings. The number of hydrogen-bond donors (Lipinski definition) is 0. The number of aryl methyl sites for hydroxylation is 1. The Balaban J connectivity index is 1.90. The molecular weight excluding hydrogens is 248 g/mol. The second-order valence-corrected chi connectivity index (χ2v) is 4.64. The van der Waals surface area contributed by atoms with E-state index in [1.165, 1.54) is 11.8 Å². The van der Waals surface area contributed by atoms with Gasteiger partial charge >= 0.3 is 0 Å². The molecular formula is C13H14N2O2S. The Morgan fingerprint density at radius 2 is 2.33 bits per heavy atom. The summed E-state index contributed by atoms with van der Waals surface area (Å²) < 4.78 is 11.0. The smallest absolute Gasteiger partial charge is 0.277 e. The van der Waals surface area contributed by atoms with Crippen LogP contribution in [0.3, 0.4) is 0 Å². The monoisotopic (exact) mass is 262 g/mol. The highest BCUT2D eigenvalue weighted by molar-refractivity contribution is 7.99. The molecule has 1 aromatic carbocycles. The summed E-state index contributed by atoms with van der Waals surface area (Å²) in [5.74, 6) is 2.02. The second-order valence-electron chi connectivity index (χ2n) is 3.67. The first-order valence-corrected chi connectivity index (χ1v) is 6.52. The zero-order chi connectivity index (χ0) is 12.8. The Hall–Kier alpha value is -1.75. The van der Waals surface area contributed by atoms with Gasteiger partial charge in [0.15, 0.2) is 6.61 Å². The van der Waals surface area contributed by atoms with Gasteiger partial charge in [0.1, 0.15) is 5.75 Å². The number of hydrogen-bond acceptors (Lipinski definition) is 5. The van der Waals surface area contributed by atoms with Crippen molar-refractivity contribution in [2.45, 2.75) is 18.8 Å². The molecule has 2 aromatic rings. The van der Waals surface area contributed by atoms with Gasteiger partial charge in [-0.15, -0.1) is 16.8 Å². The van der Waals surface area contributed by atoms with Gasteiger partial charge in [-0.1, -0.05) is 30.0 Å². The Kier molecular flexibility index (Phi) is 4.41. The van der Waals surface area contributed by atoms with Crippen molar-refractivity contribution in [3.05, 3.63) is 48.4 Å². The van der Waals surface area contributed by atoms with Gasteiger partial charge in [0.25, 0.3) is 11.1 Å². The molecule has 0 radical (unpaired) electrons. The number of ether oxygens (including phenoxy) is 1. The fourth-order valence-electron chi connectivity index (χ4n) is 1.34. The van der Waals surface area contributed by atoms with E-state index in [4.69, 9.17) is 9.15 Å². The molecule has 0 saturated carbocycles. The molecule has 5 heteroatoms. The van der Waals surface area contributed by atoms with E-state index in [1.807, 2.05) is 31.2 Å². The van der Waals surface area contributed by atoms with E-state index in [0.29, 0.717) is 11.1 Å². The van der Waals surface area contributed by atoms with E-state index in [0.717, 1.165) is 17.1 Å². The van der Waals surface area contributed by atoms with Crippen LogP contribution in [-0.4, -0.2) is 16.0 Å². The second kappa shape index (κ2) is 6.26. The van der Waals surface area contributed by atoms with Gasteiger partial charge in [0.05, 0.1) is 0 Å². The summed E-state index contributed by atoms with van der Waals surface area (Å²) in [4.78, 5) is 0. The van der Waals surface area contributed by atoms with Crippen LogP contribution in [0.4, 0.5) is 0 Å². The molecule has 0 spiro atoms. The van der Waals surface area contributed by atoms with Gasteiger partial charge < -0.3 is 9.15 Å². The molecule has 0 saturated heterocycles. The van der Waals surface area contributed by atoms with Crippen LogP contribution >= 0.6 is 11.8 Å². The van der Waals surface area contributed by atoms with Crippen molar-refractivity contribution in [2.24, 2.45) is 0 Å². The van der Waals surface area contributed by atoms with Crippen LogP contribution in [0.15, 0.2) is 46.6 Å². The highest BCUT2D eigenvalue weighted by Gasteiger charge is 2.06. The normalized spacial score (nSPS) is 10.3. The Bertz CT molecular complexity index is 525. The van der Waals surface area contributed by atoms with E-state index in [9.17, 15) is 0 Å². The molecule has 0 aliphatic rings. The van der Waals surface area contributed by atoms with E-state index >= 15 is 0 Å². The Morgan fingerprint density at radius 1 is 1.44 bits per heavy atom. The first-order chi connectivity index (χ1) is 8.78. The van der Waals surface area contributed by atoms with Crippen LogP contribution in [0, 0.1) is 6.92 Å². The summed E-state index contributed by atoms with van der Waals surface area (Å²) in [6.45, 7) is 5.93. The number of rotatable bonds is 6. The largest absolute Gasteiger partial charge is 0.484 e. The van der Waals surface area contributed by atoms with Crippen molar-refractivity contribution in [2.75, 3.05) is 5.75 Å². The lowest BCUT2D eigenvalue weighted by molar-refractivity contribution is 0.252. The van der Waals surface area contributed by atoms with Crippen molar-refractivity contribution in [1.29, 1.82) is 0 Å². The molecule has 2 rings (SSSR count). The van der Waals surface area contributed by atoms with Gasteiger partial charge in [-0.3, -0.25) is 0 Å². The van der Waals surface area contributed by atoms with Crippen LogP contribution in [0.2, 0.25) is 0 Å². The SMILES string of the molecule is C=CCSc1nnc(COc2cccc(C)c2)o1. The van der Waals surface area contributed by atoms with Crippen LogP contribution in [0.25, 0.3) is 0 Å². The molecule has 1 aromatic heterocycles. The first kappa shape index (κ1) is 12.7. The van der Waals surface area contributed by atoms with E-state index in [-0.39, 0.29) is 6.61 Å². The van der Waals surface area contributed by atoms with Crippen LogP contribution in [-0.2, 0) is 6.61 Å². The molecule has 94 valence electrons. The summed E-state index contributed by atoms with van der Waals surface area (Å²) in [7, 11) is 0. The third-order valence-corrected chi connectivity index (χ3v) is 2.94. The summed E-state index contributed by atoms with van der Waals surface area (Å²) in [5, 5.41) is 8.35.